The fourth-order valence-electron chi connectivity index (χ4n) is 1.72. The molecule has 2 N–H and O–H groups in total. The molecule has 0 rings (SSSR count). The van der Waals surface area contributed by atoms with Gasteiger partial charge < -0.3 is 10.6 Å². The number of nitrogens with zero attached hydrogens (tertiary/aromatic N) is 2. The van der Waals surface area contributed by atoms with Crippen LogP contribution in [0.25, 0.3) is 0 Å². The van der Waals surface area contributed by atoms with Crippen LogP contribution in [-0.4, -0.2) is 23.8 Å². The van der Waals surface area contributed by atoms with Gasteiger partial charge in [0.1, 0.15) is 11.7 Å². The van der Waals surface area contributed by atoms with Crippen molar-refractivity contribution < 1.29 is 0 Å². The average molecular weight is 251 g/mol. The average Bonchev–Trinajstić information content (AvgIpc) is 2.30. The largest absolute Gasteiger partial charge is 0.384 e. The first-order valence-electron chi connectivity index (χ1n) is 6.98. The van der Waals surface area contributed by atoms with E-state index in [1.54, 1.807) is 6.08 Å². The molecule has 0 bridgehead atoms. The van der Waals surface area contributed by atoms with Gasteiger partial charge in [-0.25, -0.2) is 4.99 Å². The minimum atomic E-state index is 0.412. The molecular weight excluding hydrogens is 222 g/mol. The Balaban J connectivity index is 4.86. The van der Waals surface area contributed by atoms with Crippen LogP contribution >= 0.6 is 0 Å². The van der Waals surface area contributed by atoms with Gasteiger partial charge in [-0.1, -0.05) is 40.7 Å². The molecule has 0 unspecified atom stereocenters. The number of unbranched alkanes of at least 4 members (excludes halogenated alkanes) is 1. The van der Waals surface area contributed by atoms with Gasteiger partial charge in [0.05, 0.1) is 0 Å². The van der Waals surface area contributed by atoms with E-state index < -0.39 is 0 Å². The highest BCUT2D eigenvalue weighted by Gasteiger charge is 2.07. The zero-order valence-corrected chi connectivity index (χ0v) is 12.4. The number of allylic oxidation sites excluding steroid dienone is 1. The molecular formula is C15H29N3. The molecule has 0 saturated carbocycles. The molecule has 0 heterocycles. The molecule has 0 fully saturated rings. The van der Waals surface area contributed by atoms with Crippen molar-refractivity contribution in [2.75, 3.05) is 13.1 Å². The van der Waals surface area contributed by atoms with Crippen LogP contribution in [0.1, 0.15) is 47.0 Å². The van der Waals surface area contributed by atoms with Gasteiger partial charge in [0.15, 0.2) is 0 Å². The summed E-state index contributed by atoms with van der Waals surface area (Å²) >= 11 is 0. The van der Waals surface area contributed by atoms with Crippen LogP contribution in [0.2, 0.25) is 0 Å². The van der Waals surface area contributed by atoms with Crippen LogP contribution in [0.15, 0.2) is 29.5 Å². The van der Waals surface area contributed by atoms with E-state index in [2.05, 4.69) is 44.2 Å². The third-order valence-electron chi connectivity index (χ3n) is 2.53. The molecule has 0 radical (unpaired) electrons. The lowest BCUT2D eigenvalue weighted by atomic mass is 10.2. The number of rotatable bonds is 8. The van der Waals surface area contributed by atoms with Gasteiger partial charge >= 0.3 is 0 Å². The molecule has 3 nitrogen and oxygen atoms in total. The lowest BCUT2D eigenvalue weighted by Crippen LogP contribution is -2.31. The summed E-state index contributed by atoms with van der Waals surface area (Å²) in [4.78, 5) is 6.73. The van der Waals surface area contributed by atoms with Crippen molar-refractivity contribution in [3.63, 3.8) is 0 Å². The Morgan fingerprint density at radius 2 is 1.94 bits per heavy atom. The predicted octanol–water partition coefficient (Wildman–Crippen LogP) is 3.54. The van der Waals surface area contributed by atoms with Crippen LogP contribution in [0.3, 0.4) is 0 Å². The number of hydrogen-bond donors (Lipinski definition) is 1. The molecule has 0 aliphatic rings. The van der Waals surface area contributed by atoms with E-state index in [1.165, 1.54) is 12.8 Å². The summed E-state index contributed by atoms with van der Waals surface area (Å²) in [6.07, 6.45) is 7.22. The zero-order valence-electron chi connectivity index (χ0n) is 12.4. The summed E-state index contributed by atoms with van der Waals surface area (Å²) in [5, 5.41) is 0. The first-order valence-corrected chi connectivity index (χ1v) is 6.98. The summed E-state index contributed by atoms with van der Waals surface area (Å²) in [6, 6.07) is 0. The lowest BCUT2D eigenvalue weighted by molar-refractivity contribution is 0.408. The van der Waals surface area contributed by atoms with Crippen molar-refractivity contribution in [3.8, 4) is 0 Å². The molecule has 0 aliphatic heterocycles. The third-order valence-corrected chi connectivity index (χ3v) is 2.53. The summed E-state index contributed by atoms with van der Waals surface area (Å²) < 4.78 is 0. The van der Waals surface area contributed by atoms with Crippen LogP contribution < -0.4 is 5.73 Å². The van der Waals surface area contributed by atoms with Gasteiger partial charge in [-0.3, -0.25) is 0 Å². The molecule has 0 aromatic carbocycles. The Labute approximate surface area is 112 Å². The van der Waals surface area contributed by atoms with Crippen LogP contribution in [0.5, 0.6) is 0 Å². The molecule has 0 atom stereocenters. The normalized spacial score (nSPS) is 12.9. The standard InChI is InChI=1S/C15H29N3/c1-6-9-11-18(10-7-2)15(8-3)17-14(16)12-13(4)5/h8,12-13H,3,6-7,9-11,16H2,1-2,4-5H3/b14-12-,17-15+. The van der Waals surface area contributed by atoms with Gasteiger partial charge in [-0.2, -0.15) is 0 Å². The molecule has 0 spiro atoms. The van der Waals surface area contributed by atoms with Crippen LogP contribution in [0, 0.1) is 5.92 Å². The Bertz CT molecular complexity index is 290. The molecule has 0 aromatic heterocycles. The molecule has 0 aromatic rings. The fourth-order valence-corrected chi connectivity index (χ4v) is 1.72. The highest BCUT2D eigenvalue weighted by molar-refractivity contribution is 5.93. The van der Waals surface area contributed by atoms with Gasteiger partial charge in [-0.15, -0.1) is 0 Å². The van der Waals surface area contributed by atoms with Gasteiger partial charge in [0, 0.05) is 13.1 Å². The molecule has 18 heavy (non-hydrogen) atoms. The Kier molecular flexibility index (Phi) is 9.07. The summed E-state index contributed by atoms with van der Waals surface area (Å²) in [5.74, 6) is 1.88. The highest BCUT2D eigenvalue weighted by atomic mass is 15.2. The molecule has 3 heteroatoms. The van der Waals surface area contributed by atoms with Gasteiger partial charge in [-0.05, 0) is 30.9 Å². The zero-order chi connectivity index (χ0) is 14.0. The van der Waals surface area contributed by atoms with Crippen molar-refractivity contribution in [1.82, 2.24) is 4.90 Å². The second-order valence-electron chi connectivity index (χ2n) is 4.85. The van der Waals surface area contributed by atoms with E-state index in [4.69, 9.17) is 5.73 Å². The van der Waals surface area contributed by atoms with Crippen LogP contribution in [-0.2, 0) is 0 Å². The van der Waals surface area contributed by atoms with E-state index in [9.17, 15) is 0 Å². The second-order valence-corrected chi connectivity index (χ2v) is 4.85. The number of nitrogens with two attached hydrogens (primary N) is 1. The van der Waals surface area contributed by atoms with Crippen molar-refractivity contribution in [1.29, 1.82) is 0 Å². The van der Waals surface area contributed by atoms with E-state index >= 15 is 0 Å². The number of aliphatic imine (C=N–C) groups is 1. The van der Waals surface area contributed by atoms with E-state index in [0.717, 1.165) is 25.3 Å². The first kappa shape index (κ1) is 16.8. The first-order chi connectivity index (χ1) is 8.54. The van der Waals surface area contributed by atoms with E-state index in [-0.39, 0.29) is 0 Å². The maximum Gasteiger partial charge on any atom is 0.130 e. The summed E-state index contributed by atoms with van der Waals surface area (Å²) in [5.41, 5.74) is 5.91. The molecule has 0 aliphatic carbocycles. The maximum atomic E-state index is 5.91. The smallest absolute Gasteiger partial charge is 0.130 e. The van der Waals surface area contributed by atoms with Crippen molar-refractivity contribution in [2.45, 2.75) is 47.0 Å². The monoisotopic (exact) mass is 251 g/mol. The Morgan fingerprint density at radius 1 is 1.28 bits per heavy atom. The number of amidine groups is 1. The van der Waals surface area contributed by atoms with E-state index in [1.807, 2.05) is 6.08 Å². The number of hydrogen-bond acceptors (Lipinski definition) is 2. The predicted molar refractivity (Wildman–Crippen MR) is 81.5 cm³/mol. The van der Waals surface area contributed by atoms with Crippen molar-refractivity contribution in [2.24, 2.45) is 16.6 Å². The Hall–Kier alpha value is -1.25. The summed E-state index contributed by atoms with van der Waals surface area (Å²) in [7, 11) is 0. The third kappa shape index (κ3) is 7.15. The molecule has 0 saturated heterocycles. The molecule has 0 amide bonds. The minimum Gasteiger partial charge on any atom is -0.384 e. The van der Waals surface area contributed by atoms with Crippen molar-refractivity contribution >= 4 is 5.84 Å². The SMILES string of the molecule is C=C/C(=N\C(N)=C/C(C)C)N(CCC)CCCC. The second kappa shape index (κ2) is 9.75. The lowest BCUT2D eigenvalue weighted by Gasteiger charge is -2.23. The van der Waals surface area contributed by atoms with Crippen molar-refractivity contribution in [3.05, 3.63) is 24.6 Å². The van der Waals surface area contributed by atoms with Gasteiger partial charge in [0.2, 0.25) is 0 Å². The molecule has 104 valence electrons. The summed E-state index contributed by atoms with van der Waals surface area (Å²) in [6.45, 7) is 14.4. The minimum absolute atomic E-state index is 0.412. The fraction of sp³-hybridized carbons (Fsp3) is 0.667. The van der Waals surface area contributed by atoms with Gasteiger partial charge in [0.25, 0.3) is 0 Å². The quantitative estimate of drug-likeness (QED) is 0.529. The highest BCUT2D eigenvalue weighted by Crippen LogP contribution is 2.04. The van der Waals surface area contributed by atoms with Crippen LogP contribution in [0.4, 0.5) is 0 Å². The maximum absolute atomic E-state index is 5.91. The Morgan fingerprint density at radius 3 is 2.39 bits per heavy atom. The topological polar surface area (TPSA) is 41.6 Å². The van der Waals surface area contributed by atoms with E-state index in [0.29, 0.717) is 11.7 Å².